The van der Waals surface area contributed by atoms with Crippen LogP contribution < -0.4 is 4.90 Å². The predicted octanol–water partition coefficient (Wildman–Crippen LogP) is 3.63. The summed E-state index contributed by atoms with van der Waals surface area (Å²) in [5.74, 6) is 0. The van der Waals surface area contributed by atoms with Gasteiger partial charge in [-0.05, 0) is 60.8 Å². The number of rotatable bonds is 5. The van der Waals surface area contributed by atoms with Gasteiger partial charge in [0.1, 0.15) is 0 Å². The van der Waals surface area contributed by atoms with E-state index in [2.05, 4.69) is 63.3 Å². The highest BCUT2D eigenvalue weighted by molar-refractivity contribution is 5.86. The number of aliphatic hydroxyl groups is 1. The van der Waals surface area contributed by atoms with Gasteiger partial charge in [0.15, 0.2) is 0 Å². The number of ether oxygens (including phenoxy) is 1. The molecule has 0 unspecified atom stereocenters. The summed E-state index contributed by atoms with van der Waals surface area (Å²) < 4.78 is 5.49. The number of hydrogen-bond acceptors (Lipinski definition) is 4. The van der Waals surface area contributed by atoms with Gasteiger partial charge in [-0.2, -0.15) is 0 Å². The lowest BCUT2D eigenvalue weighted by molar-refractivity contribution is 0.122. The van der Waals surface area contributed by atoms with Gasteiger partial charge in [-0.15, -0.1) is 0 Å². The average molecular weight is 392 g/mol. The summed E-state index contributed by atoms with van der Waals surface area (Å²) in [6.07, 6.45) is 2.27. The molecule has 0 radical (unpaired) electrons. The highest BCUT2D eigenvalue weighted by atomic mass is 16.5. The molecule has 5 nitrogen and oxygen atoms in total. The minimum Gasteiger partial charge on any atom is -0.395 e. The Morgan fingerprint density at radius 1 is 1.00 bits per heavy atom. The van der Waals surface area contributed by atoms with Crippen molar-refractivity contribution in [2.75, 3.05) is 44.4 Å². The Morgan fingerprint density at radius 3 is 2.72 bits per heavy atom. The number of likely N-dealkylation sites (tertiary alicyclic amines) is 1. The van der Waals surface area contributed by atoms with Crippen molar-refractivity contribution in [1.82, 2.24) is 9.88 Å². The molecule has 2 aliphatic rings. The second-order valence-electron chi connectivity index (χ2n) is 8.20. The maximum atomic E-state index is 9.57. The van der Waals surface area contributed by atoms with Crippen LogP contribution in [-0.4, -0.2) is 60.5 Å². The first-order chi connectivity index (χ1) is 14.3. The lowest BCUT2D eigenvalue weighted by atomic mass is 10.0. The largest absolute Gasteiger partial charge is 0.395 e. The second kappa shape index (κ2) is 8.19. The van der Waals surface area contributed by atoms with E-state index in [1.807, 2.05) is 0 Å². The van der Waals surface area contributed by atoms with E-state index in [0.29, 0.717) is 6.04 Å². The molecule has 1 aromatic heterocycles. The molecule has 3 heterocycles. The van der Waals surface area contributed by atoms with Crippen molar-refractivity contribution in [3.05, 3.63) is 54.2 Å². The van der Waals surface area contributed by atoms with Crippen molar-refractivity contribution in [3.8, 4) is 11.1 Å². The van der Waals surface area contributed by atoms with Crippen LogP contribution in [0, 0.1) is 0 Å². The van der Waals surface area contributed by atoms with Crippen molar-refractivity contribution in [2.24, 2.45) is 0 Å². The van der Waals surface area contributed by atoms with E-state index in [1.54, 1.807) is 0 Å². The molecule has 2 N–H and O–H groups in total. The highest BCUT2D eigenvalue weighted by Gasteiger charge is 2.24. The normalized spacial score (nSPS) is 20.6. The minimum absolute atomic E-state index is 0.254. The third kappa shape index (κ3) is 3.90. The first-order valence-corrected chi connectivity index (χ1v) is 10.7. The number of anilines is 1. The predicted molar refractivity (Wildman–Crippen MR) is 117 cm³/mol. The zero-order chi connectivity index (χ0) is 19.6. The standard InChI is InChI=1S/C24H29N3O2/c28-17-23-5-2-8-27(23)16-21-14-20-13-19(6-7-24(20)25-21)18-3-1-4-22(15-18)26-9-11-29-12-10-26/h1,3-4,6-7,13-15,23,25,28H,2,5,8-12,16-17H2/t23-/m1/s1. The first-order valence-electron chi connectivity index (χ1n) is 10.7. The van der Waals surface area contributed by atoms with Crippen molar-refractivity contribution in [2.45, 2.75) is 25.4 Å². The van der Waals surface area contributed by atoms with Gasteiger partial charge < -0.3 is 19.7 Å². The Kier molecular flexibility index (Phi) is 5.27. The Labute approximate surface area is 171 Å². The van der Waals surface area contributed by atoms with Gasteiger partial charge >= 0.3 is 0 Å². The zero-order valence-corrected chi connectivity index (χ0v) is 16.8. The minimum atomic E-state index is 0.254. The van der Waals surface area contributed by atoms with Crippen LogP contribution in [0.15, 0.2) is 48.5 Å². The summed E-state index contributed by atoms with van der Waals surface area (Å²) in [6, 6.07) is 18.0. The molecule has 152 valence electrons. The molecule has 2 fully saturated rings. The Balaban J connectivity index is 1.38. The summed E-state index contributed by atoms with van der Waals surface area (Å²) in [4.78, 5) is 8.35. The molecule has 0 spiro atoms. The molecule has 5 rings (SSSR count). The van der Waals surface area contributed by atoms with E-state index < -0.39 is 0 Å². The Bertz CT molecular complexity index is 977. The summed E-state index contributed by atoms with van der Waals surface area (Å²) in [7, 11) is 0. The SMILES string of the molecule is OC[C@H]1CCCN1Cc1cc2cc(-c3cccc(N4CCOCC4)c3)ccc2[nH]1. The zero-order valence-electron chi connectivity index (χ0n) is 16.8. The third-order valence-electron chi connectivity index (χ3n) is 6.32. The van der Waals surface area contributed by atoms with Gasteiger partial charge in [-0.1, -0.05) is 18.2 Å². The monoisotopic (exact) mass is 391 g/mol. The first kappa shape index (κ1) is 18.7. The quantitative estimate of drug-likeness (QED) is 0.697. The van der Waals surface area contributed by atoms with Gasteiger partial charge in [-0.3, -0.25) is 4.90 Å². The third-order valence-corrected chi connectivity index (χ3v) is 6.32. The molecule has 0 aliphatic carbocycles. The number of aliphatic hydroxyl groups excluding tert-OH is 1. The smallest absolute Gasteiger partial charge is 0.0642 e. The van der Waals surface area contributed by atoms with Crippen molar-refractivity contribution in [3.63, 3.8) is 0 Å². The van der Waals surface area contributed by atoms with Crippen LogP contribution in [0.4, 0.5) is 5.69 Å². The van der Waals surface area contributed by atoms with Crippen molar-refractivity contribution < 1.29 is 9.84 Å². The summed E-state index contributed by atoms with van der Waals surface area (Å²) in [5, 5.41) is 10.8. The molecular formula is C24H29N3O2. The van der Waals surface area contributed by atoms with E-state index in [9.17, 15) is 5.11 Å². The van der Waals surface area contributed by atoms with Gasteiger partial charge in [0, 0.05) is 48.0 Å². The maximum Gasteiger partial charge on any atom is 0.0642 e. The molecule has 2 aliphatic heterocycles. The molecule has 3 aromatic rings. The van der Waals surface area contributed by atoms with Crippen molar-refractivity contribution in [1.29, 1.82) is 0 Å². The molecule has 2 aromatic carbocycles. The van der Waals surface area contributed by atoms with Crippen LogP contribution in [0.3, 0.4) is 0 Å². The number of H-pyrrole nitrogens is 1. The Morgan fingerprint density at radius 2 is 1.86 bits per heavy atom. The summed E-state index contributed by atoms with van der Waals surface area (Å²) >= 11 is 0. The lowest BCUT2D eigenvalue weighted by Gasteiger charge is -2.29. The summed E-state index contributed by atoms with van der Waals surface area (Å²) in [5.41, 5.74) is 6.16. The van der Waals surface area contributed by atoms with Gasteiger partial charge in [0.05, 0.1) is 19.8 Å². The van der Waals surface area contributed by atoms with Crippen molar-refractivity contribution >= 4 is 16.6 Å². The lowest BCUT2D eigenvalue weighted by Crippen LogP contribution is -2.36. The number of fused-ring (bicyclic) bond motifs is 1. The van der Waals surface area contributed by atoms with E-state index >= 15 is 0 Å². The average Bonchev–Trinajstić information content (AvgIpc) is 3.40. The molecule has 0 bridgehead atoms. The maximum absolute atomic E-state index is 9.57. The second-order valence-corrected chi connectivity index (χ2v) is 8.20. The number of aromatic nitrogens is 1. The molecule has 29 heavy (non-hydrogen) atoms. The molecule has 0 saturated carbocycles. The molecule has 0 amide bonds. The number of nitrogens with one attached hydrogen (secondary N) is 1. The van der Waals surface area contributed by atoms with Crippen LogP contribution in [0.2, 0.25) is 0 Å². The highest BCUT2D eigenvalue weighted by Crippen LogP contribution is 2.29. The van der Waals surface area contributed by atoms with E-state index in [4.69, 9.17) is 4.74 Å². The molecule has 5 heteroatoms. The van der Waals surface area contributed by atoms with E-state index in [0.717, 1.165) is 45.8 Å². The summed E-state index contributed by atoms with van der Waals surface area (Å²) in [6.45, 7) is 5.71. The fraction of sp³-hybridized carbons (Fsp3) is 0.417. The Hall–Kier alpha value is -2.34. The van der Waals surface area contributed by atoms with Crippen LogP contribution in [0.25, 0.3) is 22.0 Å². The van der Waals surface area contributed by atoms with Crippen LogP contribution in [0.5, 0.6) is 0 Å². The number of hydrogen-bond donors (Lipinski definition) is 2. The molecule has 1 atom stereocenters. The van der Waals surface area contributed by atoms with Gasteiger partial charge in [0.2, 0.25) is 0 Å². The number of morpholine rings is 1. The van der Waals surface area contributed by atoms with E-state index in [1.165, 1.54) is 39.8 Å². The fourth-order valence-electron chi connectivity index (χ4n) is 4.69. The number of nitrogens with zero attached hydrogens (tertiary/aromatic N) is 2. The van der Waals surface area contributed by atoms with Gasteiger partial charge in [-0.25, -0.2) is 0 Å². The molecular weight excluding hydrogens is 362 g/mol. The fourth-order valence-corrected chi connectivity index (χ4v) is 4.69. The van der Waals surface area contributed by atoms with E-state index in [-0.39, 0.29) is 6.61 Å². The number of benzene rings is 2. The van der Waals surface area contributed by atoms with Crippen LogP contribution >= 0.6 is 0 Å². The molecule has 2 saturated heterocycles. The van der Waals surface area contributed by atoms with Crippen LogP contribution in [-0.2, 0) is 11.3 Å². The number of aromatic amines is 1. The topological polar surface area (TPSA) is 51.7 Å². The van der Waals surface area contributed by atoms with Gasteiger partial charge in [0.25, 0.3) is 0 Å². The van der Waals surface area contributed by atoms with Crippen LogP contribution in [0.1, 0.15) is 18.5 Å².